The second-order valence-electron chi connectivity index (χ2n) is 5.85. The molecule has 0 spiro atoms. The van der Waals surface area contributed by atoms with Crippen molar-refractivity contribution in [3.63, 3.8) is 0 Å². The van der Waals surface area contributed by atoms with Crippen LogP contribution in [0.5, 0.6) is 0 Å². The van der Waals surface area contributed by atoms with Crippen LogP contribution in [0.2, 0.25) is 0 Å². The van der Waals surface area contributed by atoms with E-state index in [1.807, 2.05) is 11.8 Å². The van der Waals surface area contributed by atoms with Gasteiger partial charge in [0.1, 0.15) is 17.5 Å². The number of rotatable bonds is 3. The molecule has 8 nitrogen and oxygen atoms in total. The molecule has 3 heterocycles. The van der Waals surface area contributed by atoms with E-state index >= 15 is 0 Å². The summed E-state index contributed by atoms with van der Waals surface area (Å²) in [5.41, 5.74) is 1.17. The molecule has 1 fully saturated rings. The van der Waals surface area contributed by atoms with Crippen LogP contribution in [-0.2, 0) is 10.0 Å². The molecule has 3 aromatic rings. The summed E-state index contributed by atoms with van der Waals surface area (Å²) in [5.74, 6) is 0.737. The van der Waals surface area contributed by atoms with Crippen LogP contribution >= 0.6 is 0 Å². The zero-order valence-corrected chi connectivity index (χ0v) is 14.5. The summed E-state index contributed by atoms with van der Waals surface area (Å²) in [6, 6.07) is 8.51. The minimum Gasteiger partial charge on any atom is -0.353 e. The molecule has 1 aliphatic heterocycles. The van der Waals surface area contributed by atoms with Crippen molar-refractivity contribution in [2.45, 2.75) is 11.8 Å². The Balaban J connectivity index is 1.56. The van der Waals surface area contributed by atoms with Gasteiger partial charge in [0.25, 0.3) is 5.71 Å². The number of sulfonamides is 1. The zero-order chi connectivity index (χ0) is 17.4. The van der Waals surface area contributed by atoms with E-state index < -0.39 is 10.0 Å². The van der Waals surface area contributed by atoms with Gasteiger partial charge in [0, 0.05) is 26.2 Å². The van der Waals surface area contributed by atoms with Crippen molar-refractivity contribution in [2.75, 3.05) is 31.1 Å². The van der Waals surface area contributed by atoms with E-state index in [0.717, 1.165) is 16.9 Å². The molecule has 0 radical (unpaired) electrons. The molecule has 0 N–H and O–H groups in total. The Bertz CT molecular complexity index is 995. The Hall–Kier alpha value is -2.52. The largest absolute Gasteiger partial charge is 0.353 e. The van der Waals surface area contributed by atoms with Gasteiger partial charge >= 0.3 is 0 Å². The van der Waals surface area contributed by atoms with Gasteiger partial charge in [-0.05, 0) is 19.1 Å². The molecule has 130 valence electrons. The van der Waals surface area contributed by atoms with E-state index in [1.165, 1.54) is 10.6 Å². The fourth-order valence-corrected chi connectivity index (χ4v) is 4.47. The smallest absolute Gasteiger partial charge is 0.263 e. The summed E-state index contributed by atoms with van der Waals surface area (Å²) in [7, 11) is -3.46. The van der Waals surface area contributed by atoms with E-state index in [-0.39, 0.29) is 0 Å². The summed E-state index contributed by atoms with van der Waals surface area (Å²) >= 11 is 0. The van der Waals surface area contributed by atoms with Crippen molar-refractivity contribution in [3.8, 4) is 0 Å². The highest BCUT2D eigenvalue weighted by atomic mass is 32.2. The van der Waals surface area contributed by atoms with E-state index in [9.17, 15) is 8.42 Å². The normalized spacial score (nSPS) is 16.4. The van der Waals surface area contributed by atoms with E-state index in [1.54, 1.807) is 30.3 Å². The van der Waals surface area contributed by atoms with Gasteiger partial charge in [-0.15, -0.1) is 0 Å². The molecular weight excluding hydrogens is 342 g/mol. The Morgan fingerprint density at radius 2 is 1.76 bits per heavy atom. The van der Waals surface area contributed by atoms with Gasteiger partial charge in [0.05, 0.1) is 10.6 Å². The lowest BCUT2D eigenvalue weighted by molar-refractivity contribution is 0.384. The molecule has 4 rings (SSSR count). The maximum Gasteiger partial charge on any atom is 0.263 e. The second kappa shape index (κ2) is 6.08. The molecule has 9 heteroatoms. The number of anilines is 1. The van der Waals surface area contributed by atoms with E-state index in [0.29, 0.717) is 36.8 Å². The van der Waals surface area contributed by atoms with Gasteiger partial charge in [-0.2, -0.15) is 9.29 Å². The molecule has 25 heavy (non-hydrogen) atoms. The van der Waals surface area contributed by atoms with Crippen LogP contribution in [0.15, 0.2) is 46.1 Å². The standard InChI is InChI=1S/C16H17N5O3S/c1-12-14-15(17-11-18-16(14)24-19-12)20-7-9-21(10-8-20)25(22,23)13-5-3-2-4-6-13/h2-6,11H,7-10H2,1H3. The first-order chi connectivity index (χ1) is 12.1. The van der Waals surface area contributed by atoms with Gasteiger partial charge < -0.3 is 9.42 Å². The molecule has 0 amide bonds. The maximum absolute atomic E-state index is 12.7. The predicted octanol–water partition coefficient (Wildman–Crippen LogP) is 1.44. The fraction of sp³-hybridized carbons (Fsp3) is 0.312. The van der Waals surface area contributed by atoms with Crippen molar-refractivity contribution < 1.29 is 12.9 Å². The second-order valence-corrected chi connectivity index (χ2v) is 7.79. The first-order valence-corrected chi connectivity index (χ1v) is 9.38. The quantitative estimate of drug-likeness (QED) is 0.698. The Kier molecular flexibility index (Phi) is 3.89. The summed E-state index contributed by atoms with van der Waals surface area (Å²) in [5, 5.41) is 4.71. The Morgan fingerprint density at radius 1 is 1.04 bits per heavy atom. The monoisotopic (exact) mass is 359 g/mol. The highest BCUT2D eigenvalue weighted by Crippen LogP contribution is 2.27. The summed E-state index contributed by atoms with van der Waals surface area (Å²) in [6.45, 7) is 3.72. The van der Waals surface area contributed by atoms with Gasteiger partial charge in [0.2, 0.25) is 10.0 Å². The SMILES string of the molecule is Cc1noc2ncnc(N3CCN(S(=O)(=O)c4ccccc4)CC3)c12. The van der Waals surface area contributed by atoms with E-state index in [2.05, 4.69) is 15.1 Å². The van der Waals surface area contributed by atoms with Crippen molar-refractivity contribution in [1.82, 2.24) is 19.4 Å². The van der Waals surface area contributed by atoms with Crippen LogP contribution < -0.4 is 4.90 Å². The minimum atomic E-state index is -3.46. The number of piperazine rings is 1. The first kappa shape index (κ1) is 16.0. The van der Waals surface area contributed by atoms with Gasteiger partial charge in [-0.3, -0.25) is 0 Å². The number of aryl methyl sites for hydroxylation is 1. The number of hydrogen-bond donors (Lipinski definition) is 0. The predicted molar refractivity (Wildman–Crippen MR) is 91.7 cm³/mol. The summed E-state index contributed by atoms with van der Waals surface area (Å²) in [4.78, 5) is 10.8. The highest BCUT2D eigenvalue weighted by molar-refractivity contribution is 7.89. The summed E-state index contributed by atoms with van der Waals surface area (Å²) in [6.07, 6.45) is 1.44. The molecule has 1 aromatic carbocycles. The Labute approximate surface area is 145 Å². The van der Waals surface area contributed by atoms with Crippen LogP contribution in [-0.4, -0.2) is 54.0 Å². The van der Waals surface area contributed by atoms with Gasteiger partial charge in [-0.25, -0.2) is 13.4 Å². The van der Waals surface area contributed by atoms with Crippen molar-refractivity contribution in [3.05, 3.63) is 42.4 Å². The summed E-state index contributed by atoms with van der Waals surface area (Å²) < 4.78 is 32.1. The molecule has 0 bridgehead atoms. The van der Waals surface area contributed by atoms with Gasteiger partial charge in [-0.1, -0.05) is 23.4 Å². The van der Waals surface area contributed by atoms with Gasteiger partial charge in [0.15, 0.2) is 0 Å². The molecule has 2 aromatic heterocycles. The zero-order valence-electron chi connectivity index (χ0n) is 13.7. The average Bonchev–Trinajstić information content (AvgIpc) is 3.04. The third kappa shape index (κ3) is 2.75. The average molecular weight is 359 g/mol. The van der Waals surface area contributed by atoms with Crippen LogP contribution in [0.4, 0.5) is 5.82 Å². The first-order valence-electron chi connectivity index (χ1n) is 7.94. The third-order valence-corrected chi connectivity index (χ3v) is 6.26. The number of nitrogens with zero attached hydrogens (tertiary/aromatic N) is 5. The van der Waals surface area contributed by atoms with Crippen LogP contribution in [0.1, 0.15) is 5.69 Å². The van der Waals surface area contributed by atoms with Crippen LogP contribution in [0, 0.1) is 6.92 Å². The van der Waals surface area contributed by atoms with Crippen molar-refractivity contribution in [2.24, 2.45) is 0 Å². The number of hydrogen-bond acceptors (Lipinski definition) is 7. The number of benzene rings is 1. The van der Waals surface area contributed by atoms with E-state index in [4.69, 9.17) is 4.52 Å². The minimum absolute atomic E-state index is 0.322. The number of fused-ring (bicyclic) bond motifs is 1. The van der Waals surface area contributed by atoms with Crippen molar-refractivity contribution >= 4 is 26.9 Å². The highest BCUT2D eigenvalue weighted by Gasteiger charge is 2.30. The molecule has 0 aliphatic carbocycles. The lowest BCUT2D eigenvalue weighted by Gasteiger charge is -2.34. The fourth-order valence-electron chi connectivity index (χ4n) is 3.03. The topological polar surface area (TPSA) is 92.4 Å². The maximum atomic E-state index is 12.7. The Morgan fingerprint density at radius 3 is 2.48 bits per heavy atom. The molecule has 0 saturated carbocycles. The molecule has 0 atom stereocenters. The van der Waals surface area contributed by atoms with Crippen LogP contribution in [0.3, 0.4) is 0 Å². The molecular formula is C16H17N5O3S. The molecule has 1 saturated heterocycles. The van der Waals surface area contributed by atoms with Crippen LogP contribution in [0.25, 0.3) is 11.1 Å². The third-order valence-electron chi connectivity index (χ3n) is 4.34. The number of aromatic nitrogens is 3. The lowest BCUT2D eigenvalue weighted by Crippen LogP contribution is -2.49. The molecule has 0 unspecified atom stereocenters. The lowest BCUT2D eigenvalue weighted by atomic mass is 10.2. The molecule has 1 aliphatic rings. The van der Waals surface area contributed by atoms with Crippen molar-refractivity contribution in [1.29, 1.82) is 0 Å².